The molecule has 2 rings (SSSR count). The van der Waals surface area contributed by atoms with Crippen LogP contribution in [0, 0.1) is 0 Å². The summed E-state index contributed by atoms with van der Waals surface area (Å²) in [5.41, 5.74) is 6.47. The summed E-state index contributed by atoms with van der Waals surface area (Å²) >= 11 is 6.14. The molecule has 0 fully saturated rings. The predicted octanol–water partition coefficient (Wildman–Crippen LogP) is 4.05. The van der Waals surface area contributed by atoms with Crippen molar-refractivity contribution in [2.24, 2.45) is 5.73 Å². The van der Waals surface area contributed by atoms with Crippen LogP contribution in [0.1, 0.15) is 37.0 Å². The number of nitrogens with two attached hydrogens (primary N) is 1. The van der Waals surface area contributed by atoms with E-state index in [1.54, 1.807) is 37.3 Å². The van der Waals surface area contributed by atoms with Gasteiger partial charge in [-0.2, -0.15) is 0 Å². The van der Waals surface area contributed by atoms with Gasteiger partial charge in [0.1, 0.15) is 0 Å². The van der Waals surface area contributed by atoms with Gasteiger partial charge in [-0.15, -0.1) is 0 Å². The van der Waals surface area contributed by atoms with Crippen LogP contribution >= 0.6 is 11.6 Å². The van der Waals surface area contributed by atoms with Crippen molar-refractivity contribution in [3.05, 3.63) is 59.1 Å². The molecule has 0 saturated carbocycles. The molecular weight excluding hydrogens is 338 g/mol. The SMILES string of the molecule is CCCC(C)(N)C(=O)Nc1ccc(Cl)c(C(=O)Nc2ccccc2)c1. The van der Waals surface area contributed by atoms with Crippen molar-refractivity contribution in [1.29, 1.82) is 0 Å². The smallest absolute Gasteiger partial charge is 0.257 e. The highest BCUT2D eigenvalue weighted by atomic mass is 35.5. The van der Waals surface area contributed by atoms with Crippen LogP contribution in [0.4, 0.5) is 11.4 Å². The molecule has 2 aromatic rings. The number of benzene rings is 2. The van der Waals surface area contributed by atoms with E-state index in [0.29, 0.717) is 22.8 Å². The van der Waals surface area contributed by atoms with Gasteiger partial charge >= 0.3 is 0 Å². The van der Waals surface area contributed by atoms with Crippen molar-refractivity contribution < 1.29 is 9.59 Å². The fourth-order valence-electron chi connectivity index (χ4n) is 2.40. The van der Waals surface area contributed by atoms with Crippen molar-refractivity contribution in [1.82, 2.24) is 0 Å². The number of anilines is 2. The van der Waals surface area contributed by atoms with Crippen LogP contribution < -0.4 is 16.4 Å². The lowest BCUT2D eigenvalue weighted by atomic mass is 9.96. The minimum absolute atomic E-state index is 0.275. The molecule has 1 unspecified atom stereocenters. The van der Waals surface area contributed by atoms with Crippen molar-refractivity contribution in [2.45, 2.75) is 32.2 Å². The summed E-state index contributed by atoms with van der Waals surface area (Å²) in [5, 5.41) is 5.82. The molecule has 0 spiro atoms. The van der Waals surface area contributed by atoms with Crippen molar-refractivity contribution in [3.63, 3.8) is 0 Å². The molecular formula is C19H22ClN3O2. The molecule has 0 saturated heterocycles. The van der Waals surface area contributed by atoms with Crippen molar-refractivity contribution in [3.8, 4) is 0 Å². The maximum Gasteiger partial charge on any atom is 0.257 e. The van der Waals surface area contributed by atoms with E-state index in [2.05, 4.69) is 10.6 Å². The minimum Gasteiger partial charge on any atom is -0.324 e. The molecule has 1 atom stereocenters. The second kappa shape index (κ2) is 8.14. The molecule has 2 amide bonds. The Morgan fingerprint density at radius 2 is 1.76 bits per heavy atom. The predicted molar refractivity (Wildman–Crippen MR) is 102 cm³/mol. The standard InChI is InChI=1S/C19H22ClN3O2/c1-3-11-19(2,21)18(25)23-14-9-10-16(20)15(12-14)17(24)22-13-7-5-4-6-8-13/h4-10,12H,3,11,21H2,1-2H3,(H,22,24)(H,23,25). The third kappa shape index (κ3) is 5.05. The van der Waals surface area contributed by atoms with E-state index in [4.69, 9.17) is 17.3 Å². The fourth-order valence-corrected chi connectivity index (χ4v) is 2.61. The van der Waals surface area contributed by atoms with Crippen LogP contribution in [-0.2, 0) is 4.79 Å². The average molecular weight is 360 g/mol. The van der Waals surface area contributed by atoms with Crippen LogP contribution in [0.3, 0.4) is 0 Å². The summed E-state index contributed by atoms with van der Waals surface area (Å²) in [4.78, 5) is 24.8. The number of hydrogen-bond donors (Lipinski definition) is 3. The topological polar surface area (TPSA) is 84.2 Å². The van der Waals surface area contributed by atoms with Crippen LogP contribution in [0.15, 0.2) is 48.5 Å². The Kier molecular flexibility index (Phi) is 6.17. The summed E-state index contributed by atoms with van der Waals surface area (Å²) in [6.45, 7) is 3.65. The number of carbonyl (C=O) groups excluding carboxylic acids is 2. The second-order valence-electron chi connectivity index (χ2n) is 6.14. The lowest BCUT2D eigenvalue weighted by Gasteiger charge is -2.23. The van der Waals surface area contributed by atoms with Gasteiger partial charge in [0.25, 0.3) is 5.91 Å². The normalized spacial score (nSPS) is 13.0. The first kappa shape index (κ1) is 19.0. The van der Waals surface area contributed by atoms with Crippen LogP contribution in [0.25, 0.3) is 0 Å². The molecule has 0 aromatic heterocycles. The zero-order valence-electron chi connectivity index (χ0n) is 14.3. The van der Waals surface area contributed by atoms with Gasteiger partial charge < -0.3 is 16.4 Å². The van der Waals surface area contributed by atoms with Gasteiger partial charge in [0.15, 0.2) is 0 Å². The number of rotatable bonds is 6. The first-order valence-corrected chi connectivity index (χ1v) is 8.47. The molecule has 5 nitrogen and oxygen atoms in total. The first-order chi connectivity index (χ1) is 11.8. The zero-order valence-corrected chi connectivity index (χ0v) is 15.1. The summed E-state index contributed by atoms with van der Waals surface area (Å²) in [7, 11) is 0. The Hall–Kier alpha value is -2.37. The van der Waals surface area contributed by atoms with Crippen LogP contribution in [0.5, 0.6) is 0 Å². The Balaban J connectivity index is 2.17. The van der Waals surface area contributed by atoms with E-state index < -0.39 is 5.54 Å². The van der Waals surface area contributed by atoms with Gasteiger partial charge in [0, 0.05) is 11.4 Å². The Morgan fingerprint density at radius 3 is 2.40 bits per heavy atom. The number of nitrogens with one attached hydrogen (secondary N) is 2. The summed E-state index contributed by atoms with van der Waals surface area (Å²) in [6, 6.07) is 13.8. The van der Waals surface area contributed by atoms with Gasteiger partial charge in [-0.05, 0) is 43.7 Å². The first-order valence-electron chi connectivity index (χ1n) is 8.10. The number of amides is 2. The molecule has 0 aliphatic rings. The van der Waals surface area contributed by atoms with Gasteiger partial charge in [-0.3, -0.25) is 9.59 Å². The third-order valence-corrected chi connectivity index (χ3v) is 4.12. The fraction of sp³-hybridized carbons (Fsp3) is 0.263. The van der Waals surface area contributed by atoms with E-state index in [0.717, 1.165) is 6.42 Å². The molecule has 2 aromatic carbocycles. The number of carbonyl (C=O) groups is 2. The quantitative estimate of drug-likeness (QED) is 0.727. The van der Waals surface area contributed by atoms with E-state index in [1.165, 1.54) is 0 Å². The highest BCUT2D eigenvalue weighted by molar-refractivity contribution is 6.34. The molecule has 132 valence electrons. The highest BCUT2D eigenvalue weighted by Crippen LogP contribution is 2.23. The Labute approximate surface area is 152 Å². The molecule has 0 aliphatic heterocycles. The van der Waals surface area contributed by atoms with E-state index >= 15 is 0 Å². The summed E-state index contributed by atoms with van der Waals surface area (Å²) in [5.74, 6) is -0.651. The van der Waals surface area contributed by atoms with E-state index in [9.17, 15) is 9.59 Å². The van der Waals surface area contributed by atoms with E-state index in [-0.39, 0.29) is 17.4 Å². The lowest BCUT2D eigenvalue weighted by molar-refractivity contribution is -0.120. The number of halogens is 1. The van der Waals surface area contributed by atoms with Crippen molar-refractivity contribution in [2.75, 3.05) is 10.6 Å². The molecule has 0 bridgehead atoms. The van der Waals surface area contributed by atoms with Crippen LogP contribution in [-0.4, -0.2) is 17.4 Å². The van der Waals surface area contributed by atoms with Gasteiger partial charge in [0.05, 0.1) is 16.1 Å². The molecule has 25 heavy (non-hydrogen) atoms. The summed E-state index contributed by atoms with van der Waals surface area (Å²) in [6.07, 6.45) is 1.36. The number of hydrogen-bond acceptors (Lipinski definition) is 3. The average Bonchev–Trinajstić information content (AvgIpc) is 2.57. The number of para-hydroxylation sites is 1. The lowest BCUT2D eigenvalue weighted by Crippen LogP contribution is -2.48. The Bertz CT molecular complexity index is 761. The zero-order chi connectivity index (χ0) is 18.4. The molecule has 4 N–H and O–H groups in total. The Morgan fingerprint density at radius 1 is 1.08 bits per heavy atom. The minimum atomic E-state index is -0.971. The highest BCUT2D eigenvalue weighted by Gasteiger charge is 2.27. The maximum atomic E-state index is 12.4. The van der Waals surface area contributed by atoms with Gasteiger partial charge in [-0.25, -0.2) is 0 Å². The third-order valence-electron chi connectivity index (χ3n) is 3.79. The van der Waals surface area contributed by atoms with Crippen molar-refractivity contribution >= 4 is 34.8 Å². The van der Waals surface area contributed by atoms with Crippen LogP contribution in [0.2, 0.25) is 5.02 Å². The van der Waals surface area contributed by atoms with E-state index in [1.807, 2.05) is 25.1 Å². The summed E-state index contributed by atoms with van der Waals surface area (Å²) < 4.78 is 0. The molecule has 0 aliphatic carbocycles. The maximum absolute atomic E-state index is 12.4. The monoisotopic (exact) mass is 359 g/mol. The molecule has 0 radical (unpaired) electrons. The molecule has 0 heterocycles. The largest absolute Gasteiger partial charge is 0.324 e. The van der Waals surface area contributed by atoms with Gasteiger partial charge in [-0.1, -0.05) is 43.1 Å². The second-order valence-corrected chi connectivity index (χ2v) is 6.54. The molecule has 6 heteroatoms. The van der Waals surface area contributed by atoms with Gasteiger partial charge in [0.2, 0.25) is 5.91 Å².